The van der Waals surface area contributed by atoms with Crippen LogP contribution in [-0.4, -0.2) is 90.8 Å². The number of nitrogens with two attached hydrogens (primary N) is 1. The van der Waals surface area contributed by atoms with Crippen molar-refractivity contribution in [1.29, 1.82) is 0 Å². The lowest BCUT2D eigenvalue weighted by atomic mass is 10.1. The number of amides is 3. The molecule has 8 heteroatoms. The van der Waals surface area contributed by atoms with E-state index in [9.17, 15) is 14.4 Å². The molecule has 1 aliphatic heterocycles. The minimum atomic E-state index is -0.601. The summed E-state index contributed by atoms with van der Waals surface area (Å²) in [5.74, 6) is -0.257. The van der Waals surface area contributed by atoms with E-state index in [-0.39, 0.29) is 30.2 Å². The first-order valence-electron chi connectivity index (χ1n) is 9.11. The first kappa shape index (κ1) is 21.4. The molecule has 0 aromatic rings. The van der Waals surface area contributed by atoms with E-state index in [1.807, 2.05) is 32.6 Å². The molecule has 3 amide bonds. The number of hydrogen-bond donors (Lipinski definition) is 2. The lowest BCUT2D eigenvalue weighted by Gasteiger charge is -2.35. The van der Waals surface area contributed by atoms with Crippen molar-refractivity contribution in [2.75, 3.05) is 52.4 Å². The maximum absolute atomic E-state index is 12.2. The van der Waals surface area contributed by atoms with Gasteiger partial charge in [-0.3, -0.25) is 19.3 Å². The third kappa shape index (κ3) is 6.62. The molecule has 3 N–H and O–H groups in total. The molecule has 25 heavy (non-hydrogen) atoms. The minimum Gasteiger partial charge on any atom is -0.346 e. The topological polar surface area (TPSA) is 99.0 Å². The molecule has 0 bridgehead atoms. The summed E-state index contributed by atoms with van der Waals surface area (Å²) in [6, 6.07) is -0.601. The van der Waals surface area contributed by atoms with Gasteiger partial charge in [-0.15, -0.1) is 0 Å². The van der Waals surface area contributed by atoms with E-state index in [2.05, 4.69) is 10.2 Å². The number of hydrogen-bond acceptors (Lipinski definition) is 5. The van der Waals surface area contributed by atoms with E-state index in [4.69, 9.17) is 5.73 Å². The van der Waals surface area contributed by atoms with Crippen molar-refractivity contribution in [2.45, 2.75) is 33.7 Å². The fourth-order valence-corrected chi connectivity index (χ4v) is 2.72. The molecule has 144 valence electrons. The van der Waals surface area contributed by atoms with Crippen LogP contribution in [0.3, 0.4) is 0 Å². The van der Waals surface area contributed by atoms with Gasteiger partial charge in [0.05, 0.1) is 19.1 Å². The molecule has 1 heterocycles. The second kappa shape index (κ2) is 10.4. The number of carbonyl (C=O) groups excluding carboxylic acids is 3. The van der Waals surface area contributed by atoms with E-state index < -0.39 is 6.04 Å². The number of nitrogens with one attached hydrogen (secondary N) is 1. The molecule has 0 unspecified atom stereocenters. The van der Waals surface area contributed by atoms with E-state index in [1.54, 1.807) is 4.90 Å². The molecule has 0 saturated carbocycles. The van der Waals surface area contributed by atoms with Crippen LogP contribution in [-0.2, 0) is 14.4 Å². The van der Waals surface area contributed by atoms with Gasteiger partial charge in [0.2, 0.25) is 17.7 Å². The zero-order chi connectivity index (χ0) is 19.0. The summed E-state index contributed by atoms with van der Waals surface area (Å²) in [6.07, 6.45) is 0. The lowest BCUT2D eigenvalue weighted by molar-refractivity contribution is -0.136. The van der Waals surface area contributed by atoms with E-state index >= 15 is 0 Å². The number of piperazine rings is 1. The van der Waals surface area contributed by atoms with Gasteiger partial charge in [0.15, 0.2) is 0 Å². The predicted molar refractivity (Wildman–Crippen MR) is 96.8 cm³/mol. The highest BCUT2D eigenvalue weighted by molar-refractivity contribution is 5.87. The quantitative estimate of drug-likeness (QED) is 0.588. The van der Waals surface area contributed by atoms with Crippen LogP contribution >= 0.6 is 0 Å². The normalized spacial score (nSPS) is 16.6. The second-order valence-electron chi connectivity index (χ2n) is 6.71. The first-order valence-corrected chi connectivity index (χ1v) is 9.11. The molecule has 1 aliphatic rings. The maximum atomic E-state index is 12.2. The molecule has 0 aliphatic carbocycles. The van der Waals surface area contributed by atoms with Crippen LogP contribution in [0.4, 0.5) is 0 Å². The van der Waals surface area contributed by atoms with E-state index in [0.717, 1.165) is 0 Å². The molecule has 1 rings (SSSR count). The Bertz CT molecular complexity index is 457. The third-order valence-electron chi connectivity index (χ3n) is 4.63. The Morgan fingerprint density at radius 2 is 1.64 bits per heavy atom. The third-order valence-corrected chi connectivity index (χ3v) is 4.63. The van der Waals surface area contributed by atoms with Crippen molar-refractivity contribution < 1.29 is 14.4 Å². The molecule has 1 saturated heterocycles. The van der Waals surface area contributed by atoms with Gasteiger partial charge < -0.3 is 20.9 Å². The summed E-state index contributed by atoms with van der Waals surface area (Å²) in [6.45, 7) is 11.9. The monoisotopic (exact) mass is 355 g/mol. The number of nitrogens with zero attached hydrogens (tertiary/aromatic N) is 3. The standard InChI is InChI=1S/C17H33N5O3/c1-5-21(6-2)15(24)12-20-7-9-22(10-8-20)14(23)11-19-17(25)16(18)13(3)4/h13,16H,5-12,18H2,1-4H3,(H,19,25)/t16-/m0/s1. The molecule has 1 atom stereocenters. The minimum absolute atomic E-state index is 0.0296. The van der Waals surface area contributed by atoms with Crippen LogP contribution in [0.5, 0.6) is 0 Å². The molecule has 8 nitrogen and oxygen atoms in total. The summed E-state index contributed by atoms with van der Waals surface area (Å²) in [4.78, 5) is 41.7. The number of rotatable bonds is 8. The van der Waals surface area contributed by atoms with Gasteiger partial charge in [0.1, 0.15) is 0 Å². The highest BCUT2D eigenvalue weighted by atomic mass is 16.2. The fraction of sp³-hybridized carbons (Fsp3) is 0.824. The van der Waals surface area contributed by atoms with Crippen LogP contribution in [0.2, 0.25) is 0 Å². The van der Waals surface area contributed by atoms with Gasteiger partial charge in [0.25, 0.3) is 0 Å². The summed E-state index contributed by atoms with van der Waals surface area (Å²) >= 11 is 0. The summed E-state index contributed by atoms with van der Waals surface area (Å²) in [5, 5.41) is 2.60. The summed E-state index contributed by atoms with van der Waals surface area (Å²) in [7, 11) is 0. The van der Waals surface area contributed by atoms with E-state index in [0.29, 0.717) is 45.8 Å². The van der Waals surface area contributed by atoms with Gasteiger partial charge in [-0.25, -0.2) is 0 Å². The highest BCUT2D eigenvalue weighted by Crippen LogP contribution is 2.04. The Morgan fingerprint density at radius 1 is 1.08 bits per heavy atom. The Labute approximate surface area is 150 Å². The van der Waals surface area contributed by atoms with E-state index in [1.165, 1.54) is 0 Å². The van der Waals surface area contributed by atoms with Gasteiger partial charge >= 0.3 is 0 Å². The van der Waals surface area contributed by atoms with Crippen molar-refractivity contribution in [3.63, 3.8) is 0 Å². The molecular weight excluding hydrogens is 322 g/mol. The average molecular weight is 355 g/mol. The number of likely N-dealkylation sites (N-methyl/N-ethyl adjacent to an activating group) is 1. The van der Waals surface area contributed by atoms with Gasteiger partial charge in [0, 0.05) is 39.3 Å². The van der Waals surface area contributed by atoms with Crippen LogP contribution in [0, 0.1) is 5.92 Å². The van der Waals surface area contributed by atoms with Crippen LogP contribution < -0.4 is 11.1 Å². The summed E-state index contributed by atoms with van der Waals surface area (Å²) in [5.41, 5.74) is 5.76. The molecule has 0 aromatic heterocycles. The van der Waals surface area contributed by atoms with Crippen LogP contribution in [0.25, 0.3) is 0 Å². The Balaban J connectivity index is 2.35. The molecule has 0 radical (unpaired) electrons. The highest BCUT2D eigenvalue weighted by Gasteiger charge is 2.24. The largest absolute Gasteiger partial charge is 0.346 e. The van der Waals surface area contributed by atoms with Crippen molar-refractivity contribution >= 4 is 17.7 Å². The Kier molecular flexibility index (Phi) is 8.85. The molecule has 1 fully saturated rings. The Hall–Kier alpha value is -1.67. The maximum Gasteiger partial charge on any atom is 0.242 e. The molecule has 0 aromatic carbocycles. The van der Waals surface area contributed by atoms with Gasteiger partial charge in [-0.1, -0.05) is 13.8 Å². The van der Waals surface area contributed by atoms with Gasteiger partial charge in [-0.05, 0) is 19.8 Å². The van der Waals surface area contributed by atoms with Crippen LogP contribution in [0.1, 0.15) is 27.7 Å². The smallest absolute Gasteiger partial charge is 0.242 e. The van der Waals surface area contributed by atoms with Gasteiger partial charge in [-0.2, -0.15) is 0 Å². The number of carbonyl (C=O) groups is 3. The van der Waals surface area contributed by atoms with Crippen molar-refractivity contribution in [3.05, 3.63) is 0 Å². The fourth-order valence-electron chi connectivity index (χ4n) is 2.72. The SMILES string of the molecule is CCN(CC)C(=O)CN1CCN(C(=O)CNC(=O)[C@@H](N)C(C)C)CC1. The summed E-state index contributed by atoms with van der Waals surface area (Å²) < 4.78 is 0. The van der Waals surface area contributed by atoms with Crippen molar-refractivity contribution in [1.82, 2.24) is 20.0 Å². The second-order valence-corrected chi connectivity index (χ2v) is 6.71. The first-order chi connectivity index (χ1) is 11.8. The predicted octanol–water partition coefficient (Wildman–Crippen LogP) is -0.901. The Morgan fingerprint density at radius 3 is 2.12 bits per heavy atom. The zero-order valence-corrected chi connectivity index (χ0v) is 16.0. The van der Waals surface area contributed by atoms with Crippen LogP contribution in [0.15, 0.2) is 0 Å². The lowest BCUT2D eigenvalue weighted by Crippen LogP contribution is -2.54. The van der Waals surface area contributed by atoms with Crippen molar-refractivity contribution in [2.24, 2.45) is 11.7 Å². The molecular formula is C17H33N5O3. The average Bonchev–Trinajstić information content (AvgIpc) is 2.60. The zero-order valence-electron chi connectivity index (χ0n) is 16.0. The molecule has 0 spiro atoms. The van der Waals surface area contributed by atoms with Crippen molar-refractivity contribution in [3.8, 4) is 0 Å².